The van der Waals surface area contributed by atoms with Crippen molar-refractivity contribution >= 4 is 5.91 Å². The summed E-state index contributed by atoms with van der Waals surface area (Å²) in [6, 6.07) is 0. The molecule has 0 saturated heterocycles. The summed E-state index contributed by atoms with van der Waals surface area (Å²) in [7, 11) is 0. The van der Waals surface area contributed by atoms with E-state index in [0.29, 0.717) is 0 Å². The molecule has 1 N–H and O–H groups in total. The fourth-order valence-corrected chi connectivity index (χ4v) is 0.530. The van der Waals surface area contributed by atoms with Gasteiger partial charge in [0.2, 0.25) is 5.91 Å². The van der Waals surface area contributed by atoms with Gasteiger partial charge in [-0.2, -0.15) is 0 Å². The zero-order valence-electron chi connectivity index (χ0n) is 6.48. The largest absolute Gasteiger partial charge is 0.353 e. The number of halogens is 1. The molecule has 0 aliphatic rings. The molecule has 3 heteroatoms. The topological polar surface area (TPSA) is 29.1 Å². The molecule has 0 radical (unpaired) electrons. The number of alkyl halides is 1. The minimum Gasteiger partial charge on any atom is -0.353 e. The Morgan fingerprint density at radius 3 is 2.80 bits per heavy atom. The molecule has 0 rings (SSSR count). The summed E-state index contributed by atoms with van der Waals surface area (Å²) in [5.74, 6) is -0.0494. The van der Waals surface area contributed by atoms with Crippen molar-refractivity contribution in [2.24, 2.45) is 5.92 Å². The quantitative estimate of drug-likeness (QED) is 0.642. The first-order chi connectivity index (χ1) is 4.72. The molecule has 10 heavy (non-hydrogen) atoms. The predicted octanol–water partition coefficient (Wildman–Crippen LogP) is 1.36. The van der Waals surface area contributed by atoms with E-state index in [1.165, 1.54) is 0 Å². The van der Waals surface area contributed by atoms with Gasteiger partial charge in [0.25, 0.3) is 0 Å². The third-order valence-corrected chi connectivity index (χ3v) is 1.45. The molecule has 62 valence electrons. The Balaban J connectivity index is 0. The molecule has 0 spiro atoms. The minimum absolute atomic E-state index is 0. The Hall–Kier alpha value is -0.600. The fourth-order valence-electron chi connectivity index (χ4n) is 0.530. The number of hydrogen-bond donors (Lipinski definition) is 1. The molecule has 1 unspecified atom stereocenters. The van der Waals surface area contributed by atoms with Crippen molar-refractivity contribution in [1.82, 2.24) is 5.32 Å². The maximum Gasteiger partial charge on any atom is 0.222 e. The van der Waals surface area contributed by atoms with Crippen LogP contribution in [0.5, 0.6) is 0 Å². The Labute approximate surface area is 62.3 Å². The van der Waals surface area contributed by atoms with Crippen molar-refractivity contribution in [2.75, 3.05) is 13.2 Å². The molecule has 1 amide bonds. The van der Waals surface area contributed by atoms with E-state index < -0.39 is 6.67 Å². The molecule has 0 heterocycles. The lowest BCUT2D eigenvalue weighted by Crippen LogP contribution is -2.30. The Bertz CT molecular complexity index is 111. The van der Waals surface area contributed by atoms with Gasteiger partial charge in [-0.15, -0.1) is 0 Å². The highest BCUT2D eigenvalue weighted by Crippen LogP contribution is 1.98. The second-order valence-electron chi connectivity index (χ2n) is 2.29. The first-order valence-corrected chi connectivity index (χ1v) is 3.56. The number of carbonyl (C=O) groups is 1. The second kappa shape index (κ2) is 5.21. The molecule has 0 bridgehead atoms. The van der Waals surface area contributed by atoms with E-state index in [9.17, 15) is 9.18 Å². The maximum atomic E-state index is 11.5. The highest BCUT2D eigenvalue weighted by molar-refractivity contribution is 5.78. The van der Waals surface area contributed by atoms with Crippen LogP contribution in [0.3, 0.4) is 0 Å². The van der Waals surface area contributed by atoms with Crippen molar-refractivity contribution in [2.45, 2.75) is 20.3 Å². The highest BCUT2D eigenvalue weighted by Gasteiger charge is 2.07. The fraction of sp³-hybridized carbons (Fsp3) is 0.857. The van der Waals surface area contributed by atoms with E-state index >= 15 is 0 Å². The lowest BCUT2D eigenvalue weighted by atomic mass is 10.1. The van der Waals surface area contributed by atoms with Crippen LogP contribution in [0.25, 0.3) is 0 Å². The van der Waals surface area contributed by atoms with Crippen molar-refractivity contribution in [3.63, 3.8) is 0 Å². The molecule has 2 nitrogen and oxygen atoms in total. The number of nitrogens with one attached hydrogen (secondary N) is 1. The van der Waals surface area contributed by atoms with E-state index in [1.54, 1.807) is 0 Å². The van der Waals surface area contributed by atoms with Crippen molar-refractivity contribution in [3.05, 3.63) is 0 Å². The molecule has 0 aliphatic heterocycles. The minimum atomic E-state index is -0.484. The first kappa shape index (κ1) is 9.40. The van der Waals surface area contributed by atoms with Gasteiger partial charge in [-0.25, -0.2) is 4.39 Å². The Kier molecular flexibility index (Phi) is 4.89. The summed E-state index contributed by atoms with van der Waals surface area (Å²) in [5, 5.41) is 2.47. The summed E-state index contributed by atoms with van der Waals surface area (Å²) < 4.78 is 11.5. The normalized spacial score (nSPS) is 12.7. The van der Waals surface area contributed by atoms with Gasteiger partial charge in [-0.3, -0.25) is 4.79 Å². The van der Waals surface area contributed by atoms with Crippen LogP contribution in [-0.4, -0.2) is 19.1 Å². The number of carbonyl (C=O) groups excluding carboxylic acids is 1. The summed E-state index contributed by atoms with van der Waals surface area (Å²) >= 11 is 0. The van der Waals surface area contributed by atoms with Crippen molar-refractivity contribution in [1.29, 1.82) is 0 Å². The molecular formula is C7H16FNO. The van der Waals surface area contributed by atoms with Crippen LogP contribution < -0.4 is 5.32 Å². The van der Waals surface area contributed by atoms with E-state index in [-0.39, 0.29) is 19.8 Å². The molecule has 0 aromatic carbocycles. The van der Waals surface area contributed by atoms with E-state index in [0.717, 1.165) is 6.42 Å². The van der Waals surface area contributed by atoms with Crippen LogP contribution in [0.2, 0.25) is 0 Å². The lowest BCUT2D eigenvalue weighted by Gasteiger charge is -2.07. The van der Waals surface area contributed by atoms with Crippen LogP contribution in [-0.2, 0) is 4.79 Å². The van der Waals surface area contributed by atoms with Crippen molar-refractivity contribution < 1.29 is 10.6 Å². The number of rotatable bonds is 4. The van der Waals surface area contributed by atoms with Gasteiger partial charge in [-0.05, 0) is 6.42 Å². The van der Waals surface area contributed by atoms with Gasteiger partial charge in [0.15, 0.2) is 0 Å². The van der Waals surface area contributed by atoms with Gasteiger partial charge in [-0.1, -0.05) is 13.8 Å². The molecule has 1 atom stereocenters. The smallest absolute Gasteiger partial charge is 0.222 e. The summed E-state index contributed by atoms with van der Waals surface area (Å²) in [6.45, 7) is 3.42. The summed E-state index contributed by atoms with van der Waals surface area (Å²) in [5.41, 5.74) is 0. The standard InChI is InChI=1S/C7H14FNO.H2/c1-3-6(2)7(10)9-5-4-8;/h6H,3-5H2,1-2H3,(H,9,10);1H. The van der Waals surface area contributed by atoms with Crippen LogP contribution in [0.1, 0.15) is 21.7 Å². The SMILES string of the molecule is CCC(C)C(=O)NCCF.[HH]. The Morgan fingerprint density at radius 1 is 1.80 bits per heavy atom. The molecule has 0 aromatic heterocycles. The maximum absolute atomic E-state index is 11.5. The average Bonchev–Trinajstić information content (AvgIpc) is 1.98. The molecule has 0 aromatic rings. The molecule has 0 fully saturated rings. The zero-order chi connectivity index (χ0) is 7.98. The Morgan fingerprint density at radius 2 is 2.40 bits per heavy atom. The average molecular weight is 149 g/mol. The van der Waals surface area contributed by atoms with Gasteiger partial charge in [0, 0.05) is 13.9 Å². The highest BCUT2D eigenvalue weighted by atomic mass is 19.1. The van der Waals surface area contributed by atoms with Crippen molar-refractivity contribution in [3.8, 4) is 0 Å². The second-order valence-corrected chi connectivity index (χ2v) is 2.29. The molecule has 0 saturated carbocycles. The first-order valence-electron chi connectivity index (χ1n) is 3.56. The van der Waals surface area contributed by atoms with Crippen LogP contribution >= 0.6 is 0 Å². The van der Waals surface area contributed by atoms with Gasteiger partial charge < -0.3 is 5.32 Å². The van der Waals surface area contributed by atoms with Crippen LogP contribution in [0.15, 0.2) is 0 Å². The number of hydrogen-bond acceptors (Lipinski definition) is 1. The van der Waals surface area contributed by atoms with Gasteiger partial charge in [0.05, 0.1) is 0 Å². The zero-order valence-corrected chi connectivity index (χ0v) is 6.48. The van der Waals surface area contributed by atoms with E-state index in [1.807, 2.05) is 13.8 Å². The van der Waals surface area contributed by atoms with Gasteiger partial charge in [0.1, 0.15) is 6.67 Å². The third kappa shape index (κ3) is 3.43. The van der Waals surface area contributed by atoms with Crippen LogP contribution in [0.4, 0.5) is 4.39 Å². The van der Waals surface area contributed by atoms with Crippen LogP contribution in [0, 0.1) is 5.92 Å². The summed E-state index contributed by atoms with van der Waals surface area (Å²) in [4.78, 5) is 10.9. The monoisotopic (exact) mass is 149 g/mol. The summed E-state index contributed by atoms with van der Waals surface area (Å²) in [6.07, 6.45) is 0.804. The predicted molar refractivity (Wildman–Crippen MR) is 40.6 cm³/mol. The van der Waals surface area contributed by atoms with E-state index in [2.05, 4.69) is 5.32 Å². The lowest BCUT2D eigenvalue weighted by molar-refractivity contribution is -0.124. The number of amides is 1. The molecular weight excluding hydrogens is 133 g/mol. The van der Waals surface area contributed by atoms with E-state index in [4.69, 9.17) is 0 Å². The molecule has 0 aliphatic carbocycles. The van der Waals surface area contributed by atoms with Gasteiger partial charge >= 0.3 is 0 Å². The third-order valence-electron chi connectivity index (χ3n) is 1.45.